The van der Waals surface area contributed by atoms with Gasteiger partial charge in [-0.2, -0.15) is 0 Å². The van der Waals surface area contributed by atoms with Crippen LogP contribution in [0.25, 0.3) is 0 Å². The minimum Gasteiger partial charge on any atom is -0.494 e. The van der Waals surface area contributed by atoms with E-state index in [1.165, 1.54) is 26.4 Å². The molecule has 0 bridgehead atoms. The summed E-state index contributed by atoms with van der Waals surface area (Å²) >= 11 is 0. The summed E-state index contributed by atoms with van der Waals surface area (Å²) in [5.74, 6) is 0.599. The number of ether oxygens (including phenoxy) is 1. The SMILES string of the molecule is COc1cnc([C@@H](C)[C@H](C)S(N)(=O)=O)nc1. The van der Waals surface area contributed by atoms with Crippen LogP contribution in [0.15, 0.2) is 12.4 Å². The largest absolute Gasteiger partial charge is 0.494 e. The molecule has 0 saturated heterocycles. The molecule has 0 spiro atoms. The van der Waals surface area contributed by atoms with Gasteiger partial charge in [-0.1, -0.05) is 6.92 Å². The summed E-state index contributed by atoms with van der Waals surface area (Å²) in [5, 5.41) is 4.34. The van der Waals surface area contributed by atoms with E-state index in [0.717, 1.165) is 0 Å². The maximum Gasteiger partial charge on any atom is 0.212 e. The summed E-state index contributed by atoms with van der Waals surface area (Å²) in [7, 11) is -2.07. The molecular formula is C9H15N3O3S. The lowest BCUT2D eigenvalue weighted by Gasteiger charge is -2.16. The summed E-state index contributed by atoms with van der Waals surface area (Å²) in [4.78, 5) is 8.06. The molecule has 0 aromatic carbocycles. The number of nitrogens with two attached hydrogens (primary N) is 1. The van der Waals surface area contributed by atoms with Gasteiger partial charge in [0.2, 0.25) is 10.0 Å². The third kappa shape index (κ3) is 2.89. The van der Waals surface area contributed by atoms with Crippen LogP contribution in [0.1, 0.15) is 25.6 Å². The Labute approximate surface area is 94.9 Å². The molecule has 0 saturated carbocycles. The van der Waals surface area contributed by atoms with Gasteiger partial charge >= 0.3 is 0 Å². The molecule has 0 fully saturated rings. The molecule has 0 radical (unpaired) electrons. The number of hydrogen-bond acceptors (Lipinski definition) is 5. The van der Waals surface area contributed by atoms with E-state index in [1.54, 1.807) is 6.92 Å². The Bertz CT molecular complexity index is 444. The summed E-state index contributed by atoms with van der Waals surface area (Å²) in [6.45, 7) is 3.25. The van der Waals surface area contributed by atoms with Crippen molar-refractivity contribution in [2.24, 2.45) is 5.14 Å². The molecule has 0 amide bonds. The van der Waals surface area contributed by atoms with E-state index in [9.17, 15) is 8.42 Å². The topological polar surface area (TPSA) is 95.2 Å². The molecule has 0 unspecified atom stereocenters. The van der Waals surface area contributed by atoms with Gasteiger partial charge in [0.25, 0.3) is 0 Å². The van der Waals surface area contributed by atoms with Crippen molar-refractivity contribution >= 4 is 10.0 Å². The van der Waals surface area contributed by atoms with E-state index in [2.05, 4.69) is 9.97 Å². The van der Waals surface area contributed by atoms with Gasteiger partial charge in [0.1, 0.15) is 5.82 Å². The molecule has 2 N–H and O–H groups in total. The number of aromatic nitrogens is 2. The number of hydrogen-bond donors (Lipinski definition) is 1. The monoisotopic (exact) mass is 245 g/mol. The first-order valence-corrected chi connectivity index (χ1v) is 6.34. The van der Waals surface area contributed by atoms with Gasteiger partial charge in [-0.05, 0) is 6.92 Å². The van der Waals surface area contributed by atoms with E-state index in [0.29, 0.717) is 11.6 Å². The van der Waals surface area contributed by atoms with Crippen LogP contribution in [0, 0.1) is 0 Å². The first-order chi connectivity index (χ1) is 7.36. The van der Waals surface area contributed by atoms with Gasteiger partial charge in [-0.25, -0.2) is 23.5 Å². The molecule has 1 aromatic rings. The molecule has 1 rings (SSSR count). The highest BCUT2D eigenvalue weighted by Crippen LogP contribution is 2.20. The maximum atomic E-state index is 11.2. The number of sulfonamides is 1. The van der Waals surface area contributed by atoms with Gasteiger partial charge < -0.3 is 4.74 Å². The van der Waals surface area contributed by atoms with E-state index < -0.39 is 15.3 Å². The predicted octanol–water partition coefficient (Wildman–Crippen LogP) is 0.266. The third-order valence-electron chi connectivity index (χ3n) is 2.51. The summed E-state index contributed by atoms with van der Waals surface area (Å²) < 4.78 is 27.2. The van der Waals surface area contributed by atoms with Crippen LogP contribution in [0.4, 0.5) is 0 Å². The maximum absolute atomic E-state index is 11.2. The van der Waals surface area contributed by atoms with Crippen molar-refractivity contribution in [2.75, 3.05) is 7.11 Å². The number of methoxy groups -OCH3 is 1. The van der Waals surface area contributed by atoms with Crippen LogP contribution in [-0.2, 0) is 10.0 Å². The summed E-state index contributed by atoms with van der Waals surface area (Å²) in [6, 6.07) is 0. The summed E-state index contributed by atoms with van der Waals surface area (Å²) in [5.41, 5.74) is 0. The van der Waals surface area contributed by atoms with Crippen molar-refractivity contribution < 1.29 is 13.2 Å². The lowest BCUT2D eigenvalue weighted by molar-refractivity contribution is 0.409. The number of rotatable bonds is 4. The number of primary sulfonamides is 1. The molecule has 2 atom stereocenters. The smallest absolute Gasteiger partial charge is 0.212 e. The van der Waals surface area contributed by atoms with Crippen LogP contribution in [0.5, 0.6) is 5.75 Å². The quantitative estimate of drug-likeness (QED) is 0.821. The Balaban J connectivity index is 2.92. The highest BCUT2D eigenvalue weighted by atomic mass is 32.2. The highest BCUT2D eigenvalue weighted by molar-refractivity contribution is 7.89. The second-order valence-corrected chi connectivity index (χ2v) is 5.49. The van der Waals surface area contributed by atoms with E-state index in [4.69, 9.17) is 9.88 Å². The molecule has 6 nitrogen and oxygen atoms in total. The predicted molar refractivity (Wildman–Crippen MR) is 59.6 cm³/mol. The second kappa shape index (κ2) is 4.75. The van der Waals surface area contributed by atoms with Crippen LogP contribution < -0.4 is 9.88 Å². The Morgan fingerprint density at radius 3 is 2.19 bits per heavy atom. The lowest BCUT2D eigenvalue weighted by atomic mass is 10.1. The highest BCUT2D eigenvalue weighted by Gasteiger charge is 2.26. The lowest BCUT2D eigenvalue weighted by Crippen LogP contribution is -2.31. The van der Waals surface area contributed by atoms with E-state index >= 15 is 0 Å². The first-order valence-electron chi connectivity index (χ1n) is 4.73. The van der Waals surface area contributed by atoms with Crippen LogP contribution in [0.3, 0.4) is 0 Å². The van der Waals surface area contributed by atoms with Crippen LogP contribution >= 0.6 is 0 Å². The zero-order valence-electron chi connectivity index (χ0n) is 9.41. The van der Waals surface area contributed by atoms with Gasteiger partial charge in [0.15, 0.2) is 5.75 Å². The van der Waals surface area contributed by atoms with Gasteiger partial charge in [0, 0.05) is 5.92 Å². The van der Waals surface area contributed by atoms with Crippen molar-refractivity contribution in [3.05, 3.63) is 18.2 Å². The molecular weight excluding hydrogens is 230 g/mol. The Kier molecular flexibility index (Phi) is 3.82. The van der Waals surface area contributed by atoms with Gasteiger partial charge in [-0.3, -0.25) is 0 Å². The zero-order valence-corrected chi connectivity index (χ0v) is 10.2. The van der Waals surface area contributed by atoms with Gasteiger partial charge in [-0.15, -0.1) is 0 Å². The van der Waals surface area contributed by atoms with Crippen molar-refractivity contribution in [1.82, 2.24) is 9.97 Å². The summed E-state index contributed by atoms with van der Waals surface area (Å²) in [6.07, 6.45) is 2.99. The molecule has 16 heavy (non-hydrogen) atoms. The molecule has 1 aromatic heterocycles. The molecule has 0 aliphatic rings. The van der Waals surface area contributed by atoms with Crippen molar-refractivity contribution in [3.63, 3.8) is 0 Å². The average Bonchev–Trinajstić information content (AvgIpc) is 2.26. The second-order valence-electron chi connectivity index (χ2n) is 3.56. The molecule has 7 heteroatoms. The number of nitrogens with zero attached hydrogens (tertiary/aromatic N) is 2. The average molecular weight is 245 g/mol. The fourth-order valence-electron chi connectivity index (χ4n) is 1.16. The fourth-order valence-corrected chi connectivity index (χ4v) is 1.85. The van der Waals surface area contributed by atoms with Crippen molar-refractivity contribution in [1.29, 1.82) is 0 Å². The minimum absolute atomic E-state index is 0.360. The van der Waals surface area contributed by atoms with Crippen LogP contribution in [0.2, 0.25) is 0 Å². The molecule has 0 aliphatic carbocycles. The Morgan fingerprint density at radius 2 is 1.81 bits per heavy atom. The molecule has 1 heterocycles. The van der Waals surface area contributed by atoms with E-state index in [1.807, 2.05) is 0 Å². The first kappa shape index (κ1) is 12.9. The minimum atomic E-state index is -3.58. The Morgan fingerprint density at radius 1 is 1.31 bits per heavy atom. The zero-order chi connectivity index (χ0) is 12.3. The Hall–Kier alpha value is -1.21. The normalized spacial score (nSPS) is 15.5. The van der Waals surface area contributed by atoms with Crippen molar-refractivity contribution in [2.45, 2.75) is 25.0 Å². The van der Waals surface area contributed by atoms with Crippen LogP contribution in [-0.4, -0.2) is 30.7 Å². The fraction of sp³-hybridized carbons (Fsp3) is 0.556. The van der Waals surface area contributed by atoms with Gasteiger partial charge in [0.05, 0.1) is 24.8 Å². The van der Waals surface area contributed by atoms with Crippen molar-refractivity contribution in [3.8, 4) is 5.75 Å². The standard InChI is InChI=1S/C9H15N3O3S/c1-6(7(2)16(10,13)14)9-11-4-8(15-3)5-12-9/h4-7H,1-3H3,(H2,10,13,14)/t6-,7-/m0/s1. The van der Waals surface area contributed by atoms with E-state index in [-0.39, 0.29) is 5.92 Å². The third-order valence-corrected chi connectivity index (χ3v) is 3.96. The molecule has 90 valence electrons. The molecule has 0 aliphatic heterocycles.